The predicted octanol–water partition coefficient (Wildman–Crippen LogP) is 4.63. The Bertz CT molecular complexity index is 1290. The number of rotatable bonds is 5. The molecule has 4 rings (SSSR count). The van der Waals surface area contributed by atoms with Crippen LogP contribution in [0.3, 0.4) is 0 Å². The normalized spacial score (nSPS) is 10.8. The fourth-order valence-corrected chi connectivity index (χ4v) is 3.59. The maximum Gasteiger partial charge on any atom is 0.339 e. The van der Waals surface area contributed by atoms with Gasteiger partial charge in [-0.2, -0.15) is 0 Å². The van der Waals surface area contributed by atoms with Crippen LogP contribution in [0.4, 0.5) is 0 Å². The Morgan fingerprint density at radius 2 is 1.55 bits per heavy atom. The highest BCUT2D eigenvalue weighted by atomic mass is 16.5. The Hall–Kier alpha value is -4.26. The summed E-state index contributed by atoms with van der Waals surface area (Å²) in [5, 5.41) is 30.5. The van der Waals surface area contributed by atoms with Crippen molar-refractivity contribution in [3.63, 3.8) is 0 Å². The smallest absolute Gasteiger partial charge is 0.339 e. The SMILES string of the molecule is COc1ccc(-n2c(-c3ccccc3O)nc(-c3ccccc3O)c2C)cc1C(=O)O. The molecule has 7 heteroatoms. The first-order chi connectivity index (χ1) is 14.9. The first kappa shape index (κ1) is 20.0. The van der Waals surface area contributed by atoms with Gasteiger partial charge in [-0.15, -0.1) is 0 Å². The maximum absolute atomic E-state index is 11.8. The van der Waals surface area contributed by atoms with Crippen molar-refractivity contribution in [1.82, 2.24) is 9.55 Å². The standard InChI is InChI=1S/C24H20N2O5/c1-14-22(16-7-3-5-9-19(16)27)25-23(17-8-4-6-10-20(17)28)26(14)15-11-12-21(31-2)18(13-15)24(29)30/h3-13,27-28H,1-2H3,(H,29,30). The molecule has 0 aliphatic carbocycles. The van der Waals surface area contributed by atoms with Gasteiger partial charge in [-0.05, 0) is 49.4 Å². The van der Waals surface area contributed by atoms with Crippen molar-refractivity contribution in [3.8, 4) is 45.6 Å². The van der Waals surface area contributed by atoms with Crippen LogP contribution in [-0.4, -0.2) is 37.9 Å². The van der Waals surface area contributed by atoms with Crippen molar-refractivity contribution in [2.24, 2.45) is 0 Å². The average Bonchev–Trinajstić information content (AvgIpc) is 3.10. The number of imidazole rings is 1. The zero-order valence-electron chi connectivity index (χ0n) is 16.9. The third-order valence-corrected chi connectivity index (χ3v) is 5.08. The number of aromatic carboxylic acids is 1. The third kappa shape index (κ3) is 3.46. The van der Waals surface area contributed by atoms with Gasteiger partial charge in [0, 0.05) is 16.9 Å². The van der Waals surface area contributed by atoms with Crippen molar-refractivity contribution in [2.75, 3.05) is 7.11 Å². The Balaban J connectivity index is 2.04. The summed E-state index contributed by atoms with van der Waals surface area (Å²) in [6.07, 6.45) is 0. The number of phenols is 2. The summed E-state index contributed by atoms with van der Waals surface area (Å²) < 4.78 is 6.93. The van der Waals surface area contributed by atoms with Crippen LogP contribution in [0.2, 0.25) is 0 Å². The van der Waals surface area contributed by atoms with Gasteiger partial charge in [0.15, 0.2) is 0 Å². The second-order valence-electron chi connectivity index (χ2n) is 6.93. The Kier molecular flexibility index (Phi) is 5.09. The predicted molar refractivity (Wildman–Crippen MR) is 116 cm³/mol. The number of hydrogen-bond acceptors (Lipinski definition) is 5. The largest absolute Gasteiger partial charge is 0.507 e. The highest BCUT2D eigenvalue weighted by molar-refractivity contribution is 5.92. The van der Waals surface area contributed by atoms with Crippen molar-refractivity contribution < 1.29 is 24.9 Å². The quantitative estimate of drug-likeness (QED) is 0.438. The highest BCUT2D eigenvalue weighted by Gasteiger charge is 2.23. The fourth-order valence-electron chi connectivity index (χ4n) is 3.59. The van der Waals surface area contributed by atoms with Crippen molar-refractivity contribution >= 4 is 5.97 Å². The summed E-state index contributed by atoms with van der Waals surface area (Å²) in [5.74, 6) is -0.375. The van der Waals surface area contributed by atoms with E-state index in [1.807, 2.05) is 6.92 Å². The first-order valence-electron chi connectivity index (χ1n) is 9.50. The zero-order chi connectivity index (χ0) is 22.1. The van der Waals surface area contributed by atoms with Gasteiger partial charge in [-0.25, -0.2) is 9.78 Å². The van der Waals surface area contributed by atoms with E-state index in [0.29, 0.717) is 34.0 Å². The van der Waals surface area contributed by atoms with E-state index in [-0.39, 0.29) is 22.8 Å². The lowest BCUT2D eigenvalue weighted by atomic mass is 10.1. The third-order valence-electron chi connectivity index (χ3n) is 5.08. The molecule has 1 aromatic heterocycles. The van der Waals surface area contributed by atoms with Crippen molar-refractivity contribution in [1.29, 1.82) is 0 Å². The molecule has 7 nitrogen and oxygen atoms in total. The van der Waals surface area contributed by atoms with Gasteiger partial charge in [0.25, 0.3) is 0 Å². The summed E-state index contributed by atoms with van der Waals surface area (Å²) in [6.45, 7) is 1.82. The van der Waals surface area contributed by atoms with E-state index >= 15 is 0 Å². The van der Waals surface area contributed by atoms with Crippen LogP contribution in [0, 0.1) is 6.92 Å². The molecule has 0 saturated heterocycles. The zero-order valence-corrected chi connectivity index (χ0v) is 16.9. The summed E-state index contributed by atoms with van der Waals surface area (Å²) in [7, 11) is 1.41. The fraction of sp³-hybridized carbons (Fsp3) is 0.0833. The van der Waals surface area contributed by atoms with Gasteiger partial charge < -0.3 is 20.1 Å². The minimum absolute atomic E-state index is 0.000409. The monoisotopic (exact) mass is 416 g/mol. The van der Waals surface area contributed by atoms with Crippen LogP contribution in [0.5, 0.6) is 17.2 Å². The summed E-state index contributed by atoms with van der Waals surface area (Å²) >= 11 is 0. The molecule has 3 N–H and O–H groups in total. The van der Waals surface area contributed by atoms with Crippen LogP contribution in [0.15, 0.2) is 66.7 Å². The topological polar surface area (TPSA) is 105 Å². The number of methoxy groups -OCH3 is 1. The van der Waals surface area contributed by atoms with Crippen molar-refractivity contribution in [2.45, 2.75) is 6.92 Å². The molecule has 0 saturated carbocycles. The van der Waals surface area contributed by atoms with Gasteiger partial charge in [0.05, 0.1) is 18.4 Å². The molecular formula is C24H20N2O5. The molecule has 0 unspecified atom stereocenters. The van der Waals surface area contributed by atoms with Crippen LogP contribution >= 0.6 is 0 Å². The molecule has 4 aromatic rings. The molecule has 0 atom stereocenters. The summed E-state index contributed by atoms with van der Waals surface area (Å²) in [4.78, 5) is 16.5. The molecule has 0 amide bonds. The lowest BCUT2D eigenvalue weighted by Gasteiger charge is -2.14. The first-order valence-corrected chi connectivity index (χ1v) is 9.50. The number of aromatic hydroxyl groups is 2. The minimum atomic E-state index is -1.12. The number of carbonyl (C=O) groups is 1. The Labute approximate surface area is 178 Å². The second-order valence-corrected chi connectivity index (χ2v) is 6.93. The van der Waals surface area contributed by atoms with Gasteiger partial charge >= 0.3 is 5.97 Å². The lowest BCUT2D eigenvalue weighted by molar-refractivity contribution is 0.0693. The number of ether oxygens (including phenoxy) is 1. The Morgan fingerprint density at radius 3 is 2.13 bits per heavy atom. The van der Waals surface area contributed by atoms with Crippen LogP contribution in [0.25, 0.3) is 28.3 Å². The van der Waals surface area contributed by atoms with E-state index in [4.69, 9.17) is 9.72 Å². The molecule has 1 heterocycles. The number of carboxylic acids is 1. The molecule has 0 aliphatic heterocycles. The molecule has 3 aromatic carbocycles. The molecule has 156 valence electrons. The van der Waals surface area contributed by atoms with E-state index in [2.05, 4.69) is 0 Å². The highest BCUT2D eigenvalue weighted by Crippen LogP contribution is 2.38. The number of nitrogens with zero attached hydrogens (tertiary/aromatic N) is 2. The van der Waals surface area contributed by atoms with E-state index in [1.54, 1.807) is 65.2 Å². The molecule has 31 heavy (non-hydrogen) atoms. The lowest BCUT2D eigenvalue weighted by Crippen LogP contribution is -2.05. The van der Waals surface area contributed by atoms with E-state index in [1.165, 1.54) is 13.2 Å². The molecule has 0 fully saturated rings. The number of benzene rings is 3. The second kappa shape index (κ2) is 7.87. The van der Waals surface area contributed by atoms with E-state index < -0.39 is 5.97 Å². The number of aromatic nitrogens is 2. The van der Waals surface area contributed by atoms with E-state index in [9.17, 15) is 20.1 Å². The van der Waals surface area contributed by atoms with E-state index in [0.717, 1.165) is 0 Å². The molecule has 0 bridgehead atoms. The summed E-state index contributed by atoms with van der Waals surface area (Å²) in [6, 6.07) is 18.4. The summed E-state index contributed by atoms with van der Waals surface area (Å²) in [5.41, 5.74) is 2.72. The number of hydrogen-bond donors (Lipinski definition) is 3. The molecular weight excluding hydrogens is 396 g/mol. The molecule has 0 radical (unpaired) electrons. The molecule has 0 aliphatic rings. The van der Waals surface area contributed by atoms with Gasteiger partial charge in [0.2, 0.25) is 0 Å². The van der Waals surface area contributed by atoms with Crippen LogP contribution < -0.4 is 4.74 Å². The minimum Gasteiger partial charge on any atom is -0.507 e. The van der Waals surface area contributed by atoms with Crippen LogP contribution in [-0.2, 0) is 0 Å². The van der Waals surface area contributed by atoms with Gasteiger partial charge in [-0.3, -0.25) is 4.57 Å². The maximum atomic E-state index is 11.8. The number of para-hydroxylation sites is 2. The van der Waals surface area contributed by atoms with Gasteiger partial charge in [0.1, 0.15) is 28.6 Å². The molecule has 0 spiro atoms. The average molecular weight is 416 g/mol. The van der Waals surface area contributed by atoms with Crippen molar-refractivity contribution in [3.05, 3.63) is 78.0 Å². The number of phenolic OH excluding ortho intramolecular Hbond substituents is 2. The van der Waals surface area contributed by atoms with Gasteiger partial charge in [-0.1, -0.05) is 24.3 Å². The van der Waals surface area contributed by atoms with Crippen LogP contribution in [0.1, 0.15) is 16.1 Å². The Morgan fingerprint density at radius 1 is 0.935 bits per heavy atom. The number of carboxylic acid groups (broad SMARTS) is 1.